The van der Waals surface area contributed by atoms with Gasteiger partial charge in [-0.05, 0) is 43.4 Å². The van der Waals surface area contributed by atoms with Crippen LogP contribution in [-0.2, 0) is 37.6 Å². The summed E-state index contributed by atoms with van der Waals surface area (Å²) in [6.45, 7) is 2.64. The fourth-order valence-electron chi connectivity index (χ4n) is 4.62. The third-order valence-corrected chi connectivity index (χ3v) is 6.10. The Morgan fingerprint density at radius 3 is 2.13 bits per heavy atom. The van der Waals surface area contributed by atoms with Crippen molar-refractivity contribution in [3.63, 3.8) is 0 Å². The normalized spacial score (nSPS) is 31.4. The predicted molar refractivity (Wildman–Crippen MR) is 88.7 cm³/mol. The minimum atomic E-state index is 0. The molecule has 0 aliphatic heterocycles. The Labute approximate surface area is 166 Å². The molecular formula is C20H29O2Y-. The SMILES string of the molecule is Cc1[c-]cc(C2CCC(C3CCC(COO)CC3)CC2)cc1.[Y]. The Balaban J connectivity index is 0.00000192. The van der Waals surface area contributed by atoms with Crippen molar-refractivity contribution in [2.24, 2.45) is 17.8 Å². The maximum absolute atomic E-state index is 8.59. The zero-order valence-corrected chi connectivity index (χ0v) is 17.2. The standard InChI is InChI=1S/C20H29O2.Y/c1-15-2-6-17(7-3-15)19-10-12-20(13-11-19)18-8-4-16(5-9-18)14-22-21;/h2,6-7,16,18-21H,4-5,8-14H2,1H3;/q-1;. The summed E-state index contributed by atoms with van der Waals surface area (Å²) in [5, 5.41) is 8.59. The van der Waals surface area contributed by atoms with Crippen molar-refractivity contribution in [1.82, 2.24) is 0 Å². The average Bonchev–Trinajstić information content (AvgIpc) is 2.57. The van der Waals surface area contributed by atoms with E-state index in [4.69, 9.17) is 5.26 Å². The van der Waals surface area contributed by atoms with E-state index in [1.165, 1.54) is 62.5 Å². The van der Waals surface area contributed by atoms with Crippen molar-refractivity contribution in [1.29, 1.82) is 0 Å². The summed E-state index contributed by atoms with van der Waals surface area (Å²) in [5.74, 6) is 3.19. The Morgan fingerprint density at radius 2 is 1.61 bits per heavy atom. The molecule has 0 amide bonds. The molecule has 125 valence electrons. The van der Waals surface area contributed by atoms with E-state index in [2.05, 4.69) is 36.1 Å². The van der Waals surface area contributed by atoms with Crippen molar-refractivity contribution in [2.45, 2.75) is 64.2 Å². The molecule has 0 saturated heterocycles. The van der Waals surface area contributed by atoms with Gasteiger partial charge in [0, 0.05) is 32.7 Å². The molecule has 2 aliphatic carbocycles. The molecule has 3 heteroatoms. The fourth-order valence-corrected chi connectivity index (χ4v) is 4.62. The van der Waals surface area contributed by atoms with Crippen LogP contribution in [-0.4, -0.2) is 11.9 Å². The molecular weight excluding hydrogens is 361 g/mol. The van der Waals surface area contributed by atoms with Gasteiger partial charge < -0.3 is 0 Å². The summed E-state index contributed by atoms with van der Waals surface area (Å²) in [5.41, 5.74) is 2.73. The van der Waals surface area contributed by atoms with E-state index in [0.29, 0.717) is 12.5 Å². The number of hydrogen-bond acceptors (Lipinski definition) is 2. The van der Waals surface area contributed by atoms with Crippen LogP contribution in [0.1, 0.15) is 68.4 Å². The Bertz CT molecular complexity index is 443. The quantitative estimate of drug-likeness (QED) is 0.426. The molecule has 2 aliphatic rings. The number of rotatable bonds is 4. The molecule has 0 unspecified atom stereocenters. The Morgan fingerprint density at radius 1 is 1.00 bits per heavy atom. The van der Waals surface area contributed by atoms with Gasteiger partial charge in [-0.3, -0.25) is 5.26 Å². The minimum Gasteiger partial charge on any atom is -0.252 e. The van der Waals surface area contributed by atoms with Gasteiger partial charge in [0.05, 0.1) is 6.61 Å². The van der Waals surface area contributed by atoms with Crippen molar-refractivity contribution in [3.8, 4) is 0 Å². The minimum absolute atomic E-state index is 0. The van der Waals surface area contributed by atoms with Crippen LogP contribution in [0.15, 0.2) is 18.2 Å². The van der Waals surface area contributed by atoms with E-state index in [1.807, 2.05) is 0 Å². The first-order valence-electron chi connectivity index (χ1n) is 9.01. The monoisotopic (exact) mass is 390 g/mol. The van der Waals surface area contributed by atoms with Gasteiger partial charge in [-0.1, -0.05) is 38.5 Å². The van der Waals surface area contributed by atoms with Gasteiger partial charge in [0.1, 0.15) is 0 Å². The van der Waals surface area contributed by atoms with Crippen LogP contribution in [0.25, 0.3) is 0 Å². The van der Waals surface area contributed by atoms with Crippen LogP contribution in [0.4, 0.5) is 0 Å². The van der Waals surface area contributed by atoms with E-state index in [9.17, 15) is 0 Å². The molecule has 2 nitrogen and oxygen atoms in total. The smallest absolute Gasteiger partial charge is 0.0847 e. The van der Waals surface area contributed by atoms with Gasteiger partial charge in [0.2, 0.25) is 0 Å². The summed E-state index contributed by atoms with van der Waals surface area (Å²) in [6.07, 6.45) is 10.6. The molecule has 1 radical (unpaired) electrons. The first-order chi connectivity index (χ1) is 10.8. The van der Waals surface area contributed by atoms with Crippen molar-refractivity contribution < 1.29 is 42.9 Å². The van der Waals surface area contributed by atoms with E-state index in [1.54, 1.807) is 0 Å². The molecule has 0 spiro atoms. The van der Waals surface area contributed by atoms with Crippen LogP contribution in [0.5, 0.6) is 0 Å². The van der Waals surface area contributed by atoms with Crippen LogP contribution in [0, 0.1) is 30.7 Å². The molecule has 1 N–H and O–H groups in total. The third-order valence-electron chi connectivity index (χ3n) is 6.10. The third kappa shape index (κ3) is 5.36. The van der Waals surface area contributed by atoms with E-state index in [0.717, 1.165) is 17.8 Å². The number of aryl methyl sites for hydroxylation is 1. The molecule has 0 bridgehead atoms. The molecule has 23 heavy (non-hydrogen) atoms. The second-order valence-electron chi connectivity index (χ2n) is 7.49. The van der Waals surface area contributed by atoms with E-state index >= 15 is 0 Å². The van der Waals surface area contributed by atoms with Crippen molar-refractivity contribution >= 4 is 0 Å². The molecule has 0 heterocycles. The zero-order valence-electron chi connectivity index (χ0n) is 14.3. The Kier molecular flexibility index (Phi) is 8.21. The Hall–Kier alpha value is 0.244. The topological polar surface area (TPSA) is 29.5 Å². The molecule has 0 aromatic heterocycles. The molecule has 3 rings (SSSR count). The van der Waals surface area contributed by atoms with Gasteiger partial charge in [-0.15, -0.1) is 0 Å². The van der Waals surface area contributed by atoms with Crippen LogP contribution in [0.3, 0.4) is 0 Å². The van der Waals surface area contributed by atoms with Crippen LogP contribution < -0.4 is 0 Å². The second kappa shape index (κ2) is 9.66. The zero-order chi connectivity index (χ0) is 15.4. The van der Waals surface area contributed by atoms with Gasteiger partial charge in [-0.2, -0.15) is 35.4 Å². The summed E-state index contributed by atoms with van der Waals surface area (Å²) in [4.78, 5) is 4.33. The summed E-state index contributed by atoms with van der Waals surface area (Å²) < 4.78 is 0. The molecule has 2 fully saturated rings. The van der Waals surface area contributed by atoms with Crippen LogP contribution >= 0.6 is 0 Å². The molecule has 0 atom stereocenters. The van der Waals surface area contributed by atoms with E-state index < -0.39 is 0 Å². The van der Waals surface area contributed by atoms with Crippen molar-refractivity contribution in [2.75, 3.05) is 6.61 Å². The summed E-state index contributed by atoms with van der Waals surface area (Å²) in [6, 6.07) is 10.1. The summed E-state index contributed by atoms with van der Waals surface area (Å²) >= 11 is 0. The largest absolute Gasteiger partial charge is 0.252 e. The number of benzene rings is 1. The number of hydrogen-bond donors (Lipinski definition) is 1. The molecule has 1 aromatic carbocycles. The maximum atomic E-state index is 8.59. The van der Waals surface area contributed by atoms with Gasteiger partial charge in [-0.25, -0.2) is 4.89 Å². The maximum Gasteiger partial charge on any atom is 0.0847 e. The first kappa shape index (κ1) is 19.6. The predicted octanol–water partition coefficient (Wildman–Crippen LogP) is 5.36. The van der Waals surface area contributed by atoms with Crippen molar-refractivity contribution in [3.05, 3.63) is 35.4 Å². The van der Waals surface area contributed by atoms with E-state index in [-0.39, 0.29) is 32.7 Å². The molecule has 1 aromatic rings. The molecule has 2 saturated carbocycles. The van der Waals surface area contributed by atoms with Gasteiger partial charge >= 0.3 is 0 Å². The van der Waals surface area contributed by atoms with Gasteiger partial charge in [0.15, 0.2) is 0 Å². The second-order valence-corrected chi connectivity index (χ2v) is 7.49. The van der Waals surface area contributed by atoms with Gasteiger partial charge in [0.25, 0.3) is 0 Å². The summed E-state index contributed by atoms with van der Waals surface area (Å²) in [7, 11) is 0. The fraction of sp³-hybridized carbons (Fsp3) is 0.700. The average molecular weight is 390 g/mol. The first-order valence-corrected chi connectivity index (χ1v) is 9.01. The van der Waals surface area contributed by atoms with Crippen LogP contribution in [0.2, 0.25) is 0 Å².